The standard InChI is InChI=1S/C7H13NO2.ClH/c1-4-2-3-5(8)6(4)7(9)10;/h4-6H,2-3,8H2,1H3,(H,9,10);1H/t4?,5-,6+;/m0./s1. The molecular weight excluding hydrogens is 166 g/mol. The Morgan fingerprint density at radius 1 is 1.55 bits per heavy atom. The molecule has 3 N–H and O–H groups in total. The minimum Gasteiger partial charge on any atom is -0.481 e. The number of rotatable bonds is 1. The largest absolute Gasteiger partial charge is 0.481 e. The molecule has 11 heavy (non-hydrogen) atoms. The van der Waals surface area contributed by atoms with E-state index in [-0.39, 0.29) is 30.3 Å². The van der Waals surface area contributed by atoms with Crippen LogP contribution in [0.3, 0.4) is 0 Å². The highest BCUT2D eigenvalue weighted by Crippen LogP contribution is 2.30. The molecule has 1 unspecified atom stereocenters. The summed E-state index contributed by atoms with van der Waals surface area (Å²) in [5, 5.41) is 8.67. The predicted molar refractivity (Wildman–Crippen MR) is 44.7 cm³/mol. The van der Waals surface area contributed by atoms with Crippen molar-refractivity contribution in [1.29, 1.82) is 0 Å². The van der Waals surface area contributed by atoms with Crippen molar-refractivity contribution in [2.75, 3.05) is 0 Å². The Hall–Kier alpha value is -0.280. The number of nitrogens with two attached hydrogens (primary N) is 1. The molecule has 3 atom stereocenters. The molecule has 0 aromatic heterocycles. The molecule has 1 aliphatic carbocycles. The van der Waals surface area contributed by atoms with Crippen molar-refractivity contribution in [2.24, 2.45) is 17.6 Å². The van der Waals surface area contributed by atoms with Crippen LogP contribution in [0.5, 0.6) is 0 Å². The number of carboxylic acids is 1. The topological polar surface area (TPSA) is 63.3 Å². The van der Waals surface area contributed by atoms with Crippen molar-refractivity contribution in [3.8, 4) is 0 Å². The summed E-state index contributed by atoms with van der Waals surface area (Å²) in [4.78, 5) is 10.5. The Morgan fingerprint density at radius 2 is 2.09 bits per heavy atom. The highest BCUT2D eigenvalue weighted by Gasteiger charge is 2.35. The maximum absolute atomic E-state index is 10.5. The number of carbonyl (C=O) groups is 1. The lowest BCUT2D eigenvalue weighted by molar-refractivity contribution is -0.143. The lowest BCUT2D eigenvalue weighted by atomic mass is 9.96. The van der Waals surface area contributed by atoms with Crippen LogP contribution in [0.25, 0.3) is 0 Å². The quantitative estimate of drug-likeness (QED) is 0.628. The van der Waals surface area contributed by atoms with Crippen molar-refractivity contribution >= 4 is 18.4 Å². The number of carboxylic acid groups (broad SMARTS) is 1. The highest BCUT2D eigenvalue weighted by atomic mass is 35.5. The van der Waals surface area contributed by atoms with Crippen LogP contribution in [-0.2, 0) is 4.79 Å². The fourth-order valence-corrected chi connectivity index (χ4v) is 1.66. The van der Waals surface area contributed by atoms with E-state index < -0.39 is 5.97 Å². The first-order valence-electron chi connectivity index (χ1n) is 3.61. The van der Waals surface area contributed by atoms with E-state index in [0.717, 1.165) is 12.8 Å². The molecule has 3 nitrogen and oxygen atoms in total. The third-order valence-corrected chi connectivity index (χ3v) is 2.31. The Kier molecular flexibility index (Phi) is 3.83. The molecule has 0 heterocycles. The van der Waals surface area contributed by atoms with E-state index in [0.29, 0.717) is 0 Å². The third-order valence-electron chi connectivity index (χ3n) is 2.31. The van der Waals surface area contributed by atoms with Gasteiger partial charge < -0.3 is 10.8 Å². The molecule has 0 aliphatic heterocycles. The fourth-order valence-electron chi connectivity index (χ4n) is 1.66. The zero-order valence-electron chi connectivity index (χ0n) is 6.49. The van der Waals surface area contributed by atoms with Crippen LogP contribution in [0.1, 0.15) is 19.8 Å². The van der Waals surface area contributed by atoms with Gasteiger partial charge in [0.25, 0.3) is 0 Å². The molecule has 0 radical (unpaired) electrons. The van der Waals surface area contributed by atoms with Gasteiger partial charge in [-0.05, 0) is 18.8 Å². The summed E-state index contributed by atoms with van der Waals surface area (Å²) in [7, 11) is 0. The normalized spacial score (nSPS) is 36.4. The zero-order chi connectivity index (χ0) is 7.72. The summed E-state index contributed by atoms with van der Waals surface area (Å²) >= 11 is 0. The third kappa shape index (κ3) is 2.07. The van der Waals surface area contributed by atoms with Gasteiger partial charge in [-0.25, -0.2) is 0 Å². The van der Waals surface area contributed by atoms with Crippen LogP contribution >= 0.6 is 12.4 Å². The molecule has 1 aliphatic rings. The van der Waals surface area contributed by atoms with Gasteiger partial charge in [0.2, 0.25) is 0 Å². The van der Waals surface area contributed by atoms with Gasteiger partial charge in [0.15, 0.2) is 0 Å². The van der Waals surface area contributed by atoms with Gasteiger partial charge in [0.05, 0.1) is 5.92 Å². The average Bonchev–Trinajstić information content (AvgIpc) is 2.11. The van der Waals surface area contributed by atoms with Crippen LogP contribution in [-0.4, -0.2) is 17.1 Å². The van der Waals surface area contributed by atoms with Crippen LogP contribution in [0.15, 0.2) is 0 Å². The smallest absolute Gasteiger partial charge is 0.308 e. The van der Waals surface area contributed by atoms with Crippen molar-refractivity contribution in [3.05, 3.63) is 0 Å². The Bertz CT molecular complexity index is 141. The first kappa shape index (κ1) is 10.7. The minimum absolute atomic E-state index is 0. The first-order chi connectivity index (χ1) is 4.63. The van der Waals surface area contributed by atoms with E-state index in [1.807, 2.05) is 6.92 Å². The highest BCUT2D eigenvalue weighted by molar-refractivity contribution is 5.85. The summed E-state index contributed by atoms with van der Waals surface area (Å²) < 4.78 is 0. The second kappa shape index (κ2) is 3.93. The number of aliphatic carboxylic acids is 1. The second-order valence-corrected chi connectivity index (χ2v) is 3.08. The van der Waals surface area contributed by atoms with Crippen molar-refractivity contribution < 1.29 is 9.90 Å². The van der Waals surface area contributed by atoms with Gasteiger partial charge in [-0.15, -0.1) is 12.4 Å². The van der Waals surface area contributed by atoms with Crippen molar-refractivity contribution in [2.45, 2.75) is 25.8 Å². The SMILES string of the molecule is CC1CC[C@H](N)[C@@H]1C(=O)O.Cl. The van der Waals surface area contributed by atoms with Gasteiger partial charge >= 0.3 is 5.97 Å². The van der Waals surface area contributed by atoms with Crippen LogP contribution < -0.4 is 5.73 Å². The van der Waals surface area contributed by atoms with Crippen LogP contribution in [0.4, 0.5) is 0 Å². The summed E-state index contributed by atoms with van der Waals surface area (Å²) in [6.45, 7) is 1.95. The van der Waals surface area contributed by atoms with Gasteiger partial charge in [-0.2, -0.15) is 0 Å². The zero-order valence-corrected chi connectivity index (χ0v) is 7.30. The molecule has 4 heteroatoms. The number of hydrogen-bond donors (Lipinski definition) is 2. The predicted octanol–water partition coefficient (Wildman–Crippen LogP) is 0.866. The number of hydrogen-bond acceptors (Lipinski definition) is 2. The van der Waals surface area contributed by atoms with Gasteiger partial charge in [-0.3, -0.25) is 4.79 Å². The summed E-state index contributed by atoms with van der Waals surface area (Å²) in [6.07, 6.45) is 1.82. The lowest BCUT2D eigenvalue weighted by Gasteiger charge is -2.13. The van der Waals surface area contributed by atoms with Gasteiger partial charge in [0, 0.05) is 6.04 Å². The molecule has 0 saturated heterocycles. The van der Waals surface area contributed by atoms with E-state index in [1.165, 1.54) is 0 Å². The van der Waals surface area contributed by atoms with Gasteiger partial charge in [-0.1, -0.05) is 6.92 Å². The van der Waals surface area contributed by atoms with Crippen molar-refractivity contribution in [3.63, 3.8) is 0 Å². The molecule has 0 spiro atoms. The van der Waals surface area contributed by atoms with Crippen LogP contribution in [0.2, 0.25) is 0 Å². The lowest BCUT2D eigenvalue weighted by Crippen LogP contribution is -2.33. The molecule has 0 bridgehead atoms. The molecule has 66 valence electrons. The van der Waals surface area contributed by atoms with E-state index in [9.17, 15) is 4.79 Å². The molecule has 1 rings (SSSR count). The summed E-state index contributed by atoms with van der Waals surface area (Å²) in [6, 6.07) is -0.118. The van der Waals surface area contributed by atoms with E-state index in [4.69, 9.17) is 10.8 Å². The molecule has 0 aromatic carbocycles. The maximum Gasteiger partial charge on any atom is 0.308 e. The average molecular weight is 180 g/mol. The maximum atomic E-state index is 10.5. The molecular formula is C7H14ClNO2. The molecule has 1 saturated carbocycles. The van der Waals surface area contributed by atoms with Gasteiger partial charge in [0.1, 0.15) is 0 Å². The van der Waals surface area contributed by atoms with E-state index in [1.54, 1.807) is 0 Å². The Balaban J connectivity index is 0.000001000. The Labute approximate surface area is 72.4 Å². The summed E-state index contributed by atoms with van der Waals surface area (Å²) in [5.41, 5.74) is 5.59. The fraction of sp³-hybridized carbons (Fsp3) is 0.857. The van der Waals surface area contributed by atoms with Crippen molar-refractivity contribution in [1.82, 2.24) is 0 Å². The number of halogens is 1. The second-order valence-electron chi connectivity index (χ2n) is 3.08. The monoisotopic (exact) mass is 179 g/mol. The summed E-state index contributed by atoms with van der Waals surface area (Å²) in [5.74, 6) is -0.787. The molecule has 1 fully saturated rings. The Morgan fingerprint density at radius 3 is 2.27 bits per heavy atom. The van der Waals surface area contributed by atoms with E-state index >= 15 is 0 Å². The first-order valence-corrected chi connectivity index (χ1v) is 3.61. The minimum atomic E-state index is -0.738. The van der Waals surface area contributed by atoms with Crippen LogP contribution in [0, 0.1) is 11.8 Å². The molecule has 0 amide bonds. The van der Waals surface area contributed by atoms with E-state index in [2.05, 4.69) is 0 Å². The molecule has 0 aromatic rings.